The monoisotopic (exact) mass is 299 g/mol. The molecule has 1 amide bonds. The maximum atomic E-state index is 13.2. The van der Waals surface area contributed by atoms with Gasteiger partial charge in [-0.2, -0.15) is 0 Å². The highest BCUT2D eigenvalue weighted by molar-refractivity contribution is 5.94. The van der Waals surface area contributed by atoms with Crippen molar-refractivity contribution in [1.82, 2.24) is 4.90 Å². The normalized spacial score (nSPS) is 15.0. The van der Waals surface area contributed by atoms with Gasteiger partial charge in [-0.25, -0.2) is 4.39 Å². The van der Waals surface area contributed by atoms with Gasteiger partial charge in [0.2, 0.25) is 0 Å². The number of rotatable bonds is 2. The summed E-state index contributed by atoms with van der Waals surface area (Å²) in [6.45, 7) is 2.71. The van der Waals surface area contributed by atoms with E-state index in [9.17, 15) is 9.18 Å². The topological polar surface area (TPSA) is 49.6 Å². The molecule has 3 rings (SSSR count). The third kappa shape index (κ3) is 3.03. The van der Waals surface area contributed by atoms with Gasteiger partial charge < -0.3 is 15.5 Å². The third-order valence-corrected chi connectivity index (χ3v) is 3.87. The van der Waals surface area contributed by atoms with Crippen LogP contribution in [-0.2, 0) is 0 Å². The van der Waals surface area contributed by atoms with Crippen molar-refractivity contribution in [2.24, 2.45) is 0 Å². The number of hydrogen-bond acceptors (Lipinski definition) is 3. The van der Waals surface area contributed by atoms with E-state index < -0.39 is 0 Å². The average molecular weight is 299 g/mol. The lowest BCUT2D eigenvalue weighted by molar-refractivity contribution is 0.0746. The Kier molecular flexibility index (Phi) is 3.96. The predicted molar refractivity (Wildman–Crippen MR) is 85.4 cm³/mol. The fraction of sp³-hybridized carbons (Fsp3) is 0.235. The van der Waals surface area contributed by atoms with E-state index in [0.717, 1.165) is 24.5 Å². The molecule has 1 aliphatic rings. The first-order chi connectivity index (χ1) is 10.6. The molecule has 2 N–H and O–H groups in total. The van der Waals surface area contributed by atoms with E-state index in [2.05, 4.69) is 4.90 Å². The molecule has 0 bridgehead atoms. The Morgan fingerprint density at radius 1 is 1.00 bits per heavy atom. The highest BCUT2D eigenvalue weighted by Gasteiger charge is 2.22. The number of hydrogen-bond donors (Lipinski definition) is 1. The van der Waals surface area contributed by atoms with Crippen LogP contribution >= 0.6 is 0 Å². The van der Waals surface area contributed by atoms with Crippen molar-refractivity contribution in [3.05, 3.63) is 59.9 Å². The molecule has 1 aliphatic heterocycles. The van der Waals surface area contributed by atoms with Gasteiger partial charge in [-0.15, -0.1) is 0 Å². The predicted octanol–water partition coefficient (Wildman–Crippen LogP) is 2.37. The van der Waals surface area contributed by atoms with E-state index in [-0.39, 0.29) is 11.7 Å². The molecule has 0 atom stereocenters. The Morgan fingerprint density at radius 2 is 1.73 bits per heavy atom. The standard InChI is InChI=1S/C17H18FN3O/c18-14-4-1-3-13(11-14)17(22)21-9-7-20(8-10-21)16-6-2-5-15(19)12-16/h1-6,11-12H,7-10,19H2. The summed E-state index contributed by atoms with van der Waals surface area (Å²) in [6.07, 6.45) is 0. The summed E-state index contributed by atoms with van der Waals surface area (Å²) in [5, 5.41) is 0. The molecule has 0 radical (unpaired) electrons. The smallest absolute Gasteiger partial charge is 0.254 e. The van der Waals surface area contributed by atoms with Crippen molar-refractivity contribution >= 4 is 17.3 Å². The summed E-state index contributed by atoms with van der Waals surface area (Å²) in [5.74, 6) is -0.504. The molecule has 114 valence electrons. The van der Waals surface area contributed by atoms with Crippen molar-refractivity contribution in [1.29, 1.82) is 0 Å². The second kappa shape index (κ2) is 6.05. The number of piperazine rings is 1. The highest BCUT2D eigenvalue weighted by Crippen LogP contribution is 2.20. The zero-order valence-corrected chi connectivity index (χ0v) is 12.2. The van der Waals surface area contributed by atoms with Crippen molar-refractivity contribution in [2.75, 3.05) is 36.8 Å². The molecular weight excluding hydrogens is 281 g/mol. The lowest BCUT2D eigenvalue weighted by Crippen LogP contribution is -2.48. The van der Waals surface area contributed by atoms with E-state index in [1.807, 2.05) is 24.3 Å². The van der Waals surface area contributed by atoms with Crippen LogP contribution in [0, 0.1) is 5.82 Å². The Bertz CT molecular complexity index is 681. The van der Waals surface area contributed by atoms with Gasteiger partial charge in [0.15, 0.2) is 0 Å². The van der Waals surface area contributed by atoms with Crippen LogP contribution in [-0.4, -0.2) is 37.0 Å². The van der Waals surface area contributed by atoms with Crippen LogP contribution in [0.15, 0.2) is 48.5 Å². The van der Waals surface area contributed by atoms with Crippen LogP contribution in [0.1, 0.15) is 10.4 Å². The average Bonchev–Trinajstić information content (AvgIpc) is 2.54. The largest absolute Gasteiger partial charge is 0.399 e. The molecule has 5 heteroatoms. The van der Waals surface area contributed by atoms with Gasteiger partial charge in [-0.05, 0) is 36.4 Å². The summed E-state index contributed by atoms with van der Waals surface area (Å²) in [7, 11) is 0. The first kappa shape index (κ1) is 14.4. The zero-order chi connectivity index (χ0) is 15.5. The fourth-order valence-corrected chi connectivity index (χ4v) is 2.69. The maximum Gasteiger partial charge on any atom is 0.254 e. The molecular formula is C17H18FN3O. The summed E-state index contributed by atoms with van der Waals surface area (Å²) < 4.78 is 13.2. The van der Waals surface area contributed by atoms with Crippen molar-refractivity contribution in [2.45, 2.75) is 0 Å². The van der Waals surface area contributed by atoms with E-state index in [1.165, 1.54) is 12.1 Å². The number of benzene rings is 2. The second-order valence-electron chi connectivity index (χ2n) is 5.38. The van der Waals surface area contributed by atoms with Gasteiger partial charge in [0.1, 0.15) is 5.82 Å². The van der Waals surface area contributed by atoms with Gasteiger partial charge in [-0.1, -0.05) is 12.1 Å². The molecule has 0 unspecified atom stereocenters. The Morgan fingerprint density at radius 3 is 2.41 bits per heavy atom. The molecule has 22 heavy (non-hydrogen) atoms. The SMILES string of the molecule is Nc1cccc(N2CCN(C(=O)c3cccc(F)c3)CC2)c1. The molecule has 1 heterocycles. The summed E-state index contributed by atoms with van der Waals surface area (Å²) >= 11 is 0. The summed E-state index contributed by atoms with van der Waals surface area (Å²) in [4.78, 5) is 16.3. The van der Waals surface area contributed by atoms with E-state index >= 15 is 0 Å². The lowest BCUT2D eigenvalue weighted by atomic mass is 10.1. The van der Waals surface area contributed by atoms with Gasteiger partial charge in [0.25, 0.3) is 5.91 Å². The number of carbonyl (C=O) groups is 1. The number of nitrogens with two attached hydrogens (primary N) is 1. The van der Waals surface area contributed by atoms with Crippen molar-refractivity contribution in [3.63, 3.8) is 0 Å². The van der Waals surface area contributed by atoms with Crippen LogP contribution in [0.25, 0.3) is 0 Å². The van der Waals surface area contributed by atoms with Gasteiger partial charge in [0, 0.05) is 43.1 Å². The van der Waals surface area contributed by atoms with Crippen LogP contribution in [0.5, 0.6) is 0 Å². The molecule has 0 saturated carbocycles. The number of nitrogens with zero attached hydrogens (tertiary/aromatic N) is 2. The van der Waals surface area contributed by atoms with Crippen LogP contribution in [0.2, 0.25) is 0 Å². The second-order valence-corrected chi connectivity index (χ2v) is 5.38. The minimum Gasteiger partial charge on any atom is -0.399 e. The van der Waals surface area contributed by atoms with Crippen molar-refractivity contribution in [3.8, 4) is 0 Å². The Hall–Kier alpha value is -2.56. The first-order valence-electron chi connectivity index (χ1n) is 7.29. The van der Waals surface area contributed by atoms with E-state index in [1.54, 1.807) is 17.0 Å². The highest BCUT2D eigenvalue weighted by atomic mass is 19.1. The molecule has 0 aromatic heterocycles. The summed E-state index contributed by atoms with van der Waals surface area (Å²) in [5.41, 5.74) is 8.00. The third-order valence-electron chi connectivity index (χ3n) is 3.87. The molecule has 2 aromatic carbocycles. The molecule has 2 aromatic rings. The molecule has 0 aliphatic carbocycles. The Labute approximate surface area is 128 Å². The maximum absolute atomic E-state index is 13.2. The number of amides is 1. The van der Waals surface area contributed by atoms with Gasteiger partial charge in [-0.3, -0.25) is 4.79 Å². The van der Waals surface area contributed by atoms with Gasteiger partial charge in [0.05, 0.1) is 0 Å². The van der Waals surface area contributed by atoms with Crippen LogP contribution in [0.3, 0.4) is 0 Å². The molecule has 4 nitrogen and oxygen atoms in total. The lowest BCUT2D eigenvalue weighted by Gasteiger charge is -2.36. The first-order valence-corrected chi connectivity index (χ1v) is 7.29. The number of carbonyl (C=O) groups excluding carboxylic acids is 1. The van der Waals surface area contributed by atoms with Crippen LogP contribution in [0.4, 0.5) is 15.8 Å². The van der Waals surface area contributed by atoms with Gasteiger partial charge >= 0.3 is 0 Å². The van der Waals surface area contributed by atoms with Crippen molar-refractivity contribution < 1.29 is 9.18 Å². The number of halogens is 1. The zero-order valence-electron chi connectivity index (χ0n) is 12.2. The summed E-state index contributed by atoms with van der Waals surface area (Å²) in [6, 6.07) is 13.6. The Balaban J connectivity index is 1.65. The molecule has 1 fully saturated rings. The number of nitrogen functional groups attached to an aromatic ring is 1. The molecule has 0 spiro atoms. The van der Waals surface area contributed by atoms with E-state index in [4.69, 9.17) is 5.73 Å². The fourth-order valence-electron chi connectivity index (χ4n) is 2.69. The number of anilines is 2. The van der Waals surface area contributed by atoms with Crippen LogP contribution < -0.4 is 10.6 Å². The minimum atomic E-state index is -0.385. The minimum absolute atomic E-state index is 0.119. The van der Waals surface area contributed by atoms with E-state index in [0.29, 0.717) is 18.7 Å². The quantitative estimate of drug-likeness (QED) is 0.866. The molecule has 1 saturated heterocycles.